The van der Waals surface area contributed by atoms with Gasteiger partial charge < -0.3 is 4.74 Å². The van der Waals surface area contributed by atoms with Crippen LogP contribution in [0, 0.1) is 0 Å². The van der Waals surface area contributed by atoms with Crippen LogP contribution >= 0.6 is 0 Å². The van der Waals surface area contributed by atoms with Crippen molar-refractivity contribution in [3.05, 3.63) is 42.5 Å². The third kappa shape index (κ3) is 16.6. The van der Waals surface area contributed by atoms with Crippen molar-refractivity contribution in [2.24, 2.45) is 5.10 Å². The normalized spacial score (nSPS) is 11.0. The van der Waals surface area contributed by atoms with Crippen LogP contribution in [0.4, 0.5) is 0 Å². The van der Waals surface area contributed by atoms with E-state index < -0.39 is 0 Å². The Morgan fingerprint density at radius 1 is 0.906 bits per heavy atom. The van der Waals surface area contributed by atoms with Gasteiger partial charge in [-0.05, 0) is 24.1 Å². The Labute approximate surface area is 196 Å². The number of hydrogen-bond acceptors (Lipinski definition) is 3. The number of hydrazone groups is 1. The van der Waals surface area contributed by atoms with Crippen LogP contribution in [-0.2, 0) is 4.79 Å². The molecular formula is C28H46N2O2. The van der Waals surface area contributed by atoms with Crippen LogP contribution in [0.2, 0.25) is 0 Å². The highest BCUT2D eigenvalue weighted by Gasteiger charge is 2.00. The average Bonchev–Trinajstić information content (AvgIpc) is 2.80. The number of carbonyl (C=O) groups excluding carboxylic acids is 1. The van der Waals surface area contributed by atoms with Crippen molar-refractivity contribution in [1.82, 2.24) is 5.43 Å². The lowest BCUT2D eigenvalue weighted by Gasteiger charge is -2.04. The van der Waals surface area contributed by atoms with Gasteiger partial charge in [0.05, 0.1) is 6.21 Å². The number of carbonyl (C=O) groups is 1. The topological polar surface area (TPSA) is 50.7 Å². The molecule has 0 aliphatic rings. The molecule has 1 aromatic rings. The van der Waals surface area contributed by atoms with Gasteiger partial charge in [-0.1, -0.05) is 122 Å². The number of nitrogens with zero attached hydrogens (tertiary/aromatic N) is 1. The standard InChI is InChI=1S/C28H46N2O2/c1-3-5-6-7-8-9-10-11-12-13-14-15-16-17-18-22-28(31)30-29-25-26-20-19-21-27(24-26)32-23-4-2/h4,19-21,24-25H,2-3,5-18,22-23H2,1H3,(H,30,31). The molecule has 4 heteroatoms. The molecule has 0 fully saturated rings. The summed E-state index contributed by atoms with van der Waals surface area (Å²) in [5.41, 5.74) is 3.50. The van der Waals surface area contributed by atoms with Crippen LogP contribution in [0.5, 0.6) is 5.75 Å². The first-order valence-corrected chi connectivity index (χ1v) is 12.9. The largest absolute Gasteiger partial charge is 0.490 e. The SMILES string of the molecule is C=CCOc1cccc(C=NNC(=O)CCCCCCCCCCCCCCCCC)c1. The molecule has 0 saturated carbocycles. The number of nitrogens with one attached hydrogen (secondary N) is 1. The lowest BCUT2D eigenvalue weighted by Crippen LogP contribution is -2.16. The van der Waals surface area contributed by atoms with E-state index in [0.717, 1.165) is 24.2 Å². The molecule has 0 aromatic heterocycles. The summed E-state index contributed by atoms with van der Waals surface area (Å²) in [6, 6.07) is 7.59. The molecule has 0 spiro atoms. The van der Waals surface area contributed by atoms with Crippen LogP contribution in [0.25, 0.3) is 0 Å². The smallest absolute Gasteiger partial charge is 0.240 e. The van der Waals surface area contributed by atoms with Gasteiger partial charge in [0.1, 0.15) is 12.4 Å². The second-order valence-electron chi connectivity index (χ2n) is 8.67. The lowest BCUT2D eigenvalue weighted by atomic mass is 10.0. The summed E-state index contributed by atoms with van der Waals surface area (Å²) in [6.45, 7) is 6.38. The molecule has 0 bridgehead atoms. The minimum absolute atomic E-state index is 0.0185. The van der Waals surface area contributed by atoms with E-state index in [0.29, 0.717) is 13.0 Å². The van der Waals surface area contributed by atoms with Gasteiger partial charge >= 0.3 is 0 Å². The molecule has 0 atom stereocenters. The van der Waals surface area contributed by atoms with Gasteiger partial charge in [-0.3, -0.25) is 4.79 Å². The third-order valence-electron chi connectivity index (χ3n) is 5.64. The minimum Gasteiger partial charge on any atom is -0.490 e. The van der Waals surface area contributed by atoms with E-state index >= 15 is 0 Å². The van der Waals surface area contributed by atoms with Crippen LogP contribution in [0.1, 0.15) is 115 Å². The molecule has 0 radical (unpaired) electrons. The molecule has 0 saturated heterocycles. The van der Waals surface area contributed by atoms with Crippen molar-refractivity contribution in [3.8, 4) is 5.75 Å². The van der Waals surface area contributed by atoms with Gasteiger partial charge in [0.15, 0.2) is 0 Å². The van der Waals surface area contributed by atoms with E-state index in [-0.39, 0.29) is 5.91 Å². The highest BCUT2D eigenvalue weighted by molar-refractivity contribution is 5.82. The quantitative estimate of drug-likeness (QED) is 0.0908. The van der Waals surface area contributed by atoms with Gasteiger partial charge in [-0.2, -0.15) is 5.10 Å². The van der Waals surface area contributed by atoms with Crippen molar-refractivity contribution in [1.29, 1.82) is 0 Å². The second-order valence-corrected chi connectivity index (χ2v) is 8.67. The van der Waals surface area contributed by atoms with Crippen LogP contribution in [-0.4, -0.2) is 18.7 Å². The first-order chi connectivity index (χ1) is 15.8. The summed E-state index contributed by atoms with van der Waals surface area (Å²) in [6.07, 6.45) is 23.8. The summed E-state index contributed by atoms with van der Waals surface area (Å²) in [5.74, 6) is 0.744. The van der Waals surface area contributed by atoms with E-state index in [2.05, 4.69) is 24.0 Å². The van der Waals surface area contributed by atoms with Crippen LogP contribution in [0.15, 0.2) is 42.0 Å². The van der Waals surface area contributed by atoms with Gasteiger partial charge in [0, 0.05) is 6.42 Å². The number of ether oxygens (including phenoxy) is 1. The first-order valence-electron chi connectivity index (χ1n) is 12.9. The van der Waals surface area contributed by atoms with E-state index in [4.69, 9.17) is 4.74 Å². The van der Waals surface area contributed by atoms with Gasteiger partial charge in [-0.25, -0.2) is 5.43 Å². The van der Waals surface area contributed by atoms with Gasteiger partial charge in [0.25, 0.3) is 0 Å². The maximum Gasteiger partial charge on any atom is 0.240 e. The maximum absolute atomic E-state index is 11.9. The van der Waals surface area contributed by atoms with Crippen LogP contribution in [0.3, 0.4) is 0 Å². The molecular weight excluding hydrogens is 396 g/mol. The summed E-state index contributed by atoms with van der Waals surface area (Å²) in [5, 5.41) is 4.05. The molecule has 32 heavy (non-hydrogen) atoms. The van der Waals surface area contributed by atoms with E-state index in [1.165, 1.54) is 83.5 Å². The highest BCUT2D eigenvalue weighted by Crippen LogP contribution is 2.14. The average molecular weight is 443 g/mol. The molecule has 0 unspecified atom stereocenters. The maximum atomic E-state index is 11.9. The number of benzene rings is 1. The number of amides is 1. The Morgan fingerprint density at radius 2 is 1.47 bits per heavy atom. The Balaban J connectivity index is 1.92. The van der Waals surface area contributed by atoms with Crippen molar-refractivity contribution in [3.63, 3.8) is 0 Å². The Bertz CT molecular complexity index is 628. The zero-order valence-corrected chi connectivity index (χ0v) is 20.5. The Morgan fingerprint density at radius 3 is 2.03 bits per heavy atom. The fourth-order valence-corrected chi connectivity index (χ4v) is 3.73. The van der Waals surface area contributed by atoms with Crippen LogP contribution < -0.4 is 10.2 Å². The number of hydrogen-bond donors (Lipinski definition) is 1. The molecule has 0 aliphatic carbocycles. The second kappa shape index (κ2) is 20.8. The lowest BCUT2D eigenvalue weighted by molar-refractivity contribution is -0.121. The summed E-state index contributed by atoms with van der Waals surface area (Å²) in [4.78, 5) is 11.9. The van der Waals surface area contributed by atoms with Crippen molar-refractivity contribution >= 4 is 12.1 Å². The number of rotatable bonds is 21. The number of unbranched alkanes of at least 4 members (excludes halogenated alkanes) is 14. The Kier molecular flexibility index (Phi) is 18.1. The predicted octanol–water partition coefficient (Wildman–Crippen LogP) is 7.96. The minimum atomic E-state index is -0.0185. The third-order valence-corrected chi connectivity index (χ3v) is 5.64. The summed E-state index contributed by atoms with van der Waals surface area (Å²) >= 11 is 0. The molecule has 180 valence electrons. The Hall–Kier alpha value is -2.10. The van der Waals surface area contributed by atoms with E-state index in [9.17, 15) is 4.79 Å². The molecule has 1 N–H and O–H groups in total. The fourth-order valence-electron chi connectivity index (χ4n) is 3.73. The predicted molar refractivity (Wildman–Crippen MR) is 137 cm³/mol. The van der Waals surface area contributed by atoms with Gasteiger partial charge in [0.2, 0.25) is 5.91 Å². The van der Waals surface area contributed by atoms with Crippen molar-refractivity contribution < 1.29 is 9.53 Å². The fraction of sp³-hybridized carbons (Fsp3) is 0.643. The van der Waals surface area contributed by atoms with Crippen molar-refractivity contribution in [2.75, 3.05) is 6.61 Å². The molecule has 1 aromatic carbocycles. The molecule has 1 rings (SSSR count). The zero-order valence-electron chi connectivity index (χ0n) is 20.5. The molecule has 0 heterocycles. The first kappa shape index (κ1) is 27.9. The summed E-state index contributed by atoms with van der Waals surface area (Å²) in [7, 11) is 0. The summed E-state index contributed by atoms with van der Waals surface area (Å²) < 4.78 is 5.49. The zero-order chi connectivity index (χ0) is 23.1. The van der Waals surface area contributed by atoms with E-state index in [1.54, 1.807) is 12.3 Å². The van der Waals surface area contributed by atoms with E-state index in [1.807, 2.05) is 24.3 Å². The monoisotopic (exact) mass is 442 g/mol. The molecule has 1 amide bonds. The van der Waals surface area contributed by atoms with Crippen molar-refractivity contribution in [2.45, 2.75) is 110 Å². The highest BCUT2D eigenvalue weighted by atomic mass is 16.5. The molecule has 4 nitrogen and oxygen atoms in total. The molecule has 0 aliphatic heterocycles. The van der Waals surface area contributed by atoms with Gasteiger partial charge in [-0.15, -0.1) is 0 Å².